The fourth-order valence-electron chi connectivity index (χ4n) is 4.27. The standard InChI is InChI=1S/C26H28O2/c1-25(2,3)17-7-9-19-15(11-17)13-21(27)23(19)24-20-10-8-18(26(4,5)6)12-16(20)14-22(24)28/h7-12H,13-14H2,1-6H3/b24-23+. The monoisotopic (exact) mass is 372 g/mol. The first-order chi connectivity index (χ1) is 13.0. The minimum atomic E-state index is 0.0348. The molecule has 0 heterocycles. The highest BCUT2D eigenvalue weighted by Crippen LogP contribution is 2.42. The van der Waals surface area contributed by atoms with E-state index in [0.29, 0.717) is 24.0 Å². The molecule has 0 amide bonds. The first-order valence-corrected chi connectivity index (χ1v) is 10.0. The molecule has 0 spiro atoms. The number of Topliss-reactive ketones (excluding diaryl/α,β-unsaturated/α-hetero) is 2. The van der Waals surface area contributed by atoms with Gasteiger partial charge in [-0.2, -0.15) is 0 Å². The lowest BCUT2D eigenvalue weighted by atomic mass is 9.84. The van der Waals surface area contributed by atoms with E-state index in [1.54, 1.807) is 0 Å². The topological polar surface area (TPSA) is 34.1 Å². The molecular weight excluding hydrogens is 344 g/mol. The Kier molecular flexibility index (Phi) is 4.05. The van der Waals surface area contributed by atoms with Crippen molar-refractivity contribution in [2.45, 2.75) is 65.2 Å². The van der Waals surface area contributed by atoms with Crippen LogP contribution in [0, 0.1) is 0 Å². The molecule has 0 fully saturated rings. The molecule has 0 radical (unpaired) electrons. The quantitative estimate of drug-likeness (QED) is 0.577. The van der Waals surface area contributed by atoms with Crippen LogP contribution in [-0.4, -0.2) is 11.6 Å². The molecule has 0 aromatic heterocycles. The summed E-state index contributed by atoms with van der Waals surface area (Å²) >= 11 is 0. The third kappa shape index (κ3) is 2.96. The molecule has 28 heavy (non-hydrogen) atoms. The van der Waals surface area contributed by atoms with Crippen molar-refractivity contribution in [1.29, 1.82) is 0 Å². The van der Waals surface area contributed by atoms with Crippen LogP contribution in [0.5, 0.6) is 0 Å². The summed E-state index contributed by atoms with van der Waals surface area (Å²) in [5.41, 5.74) is 7.74. The Hall–Kier alpha value is -2.48. The Labute approximate surface area is 167 Å². The summed E-state index contributed by atoms with van der Waals surface area (Å²) in [5, 5.41) is 0. The highest BCUT2D eigenvalue weighted by atomic mass is 16.1. The van der Waals surface area contributed by atoms with E-state index in [-0.39, 0.29) is 22.4 Å². The van der Waals surface area contributed by atoms with Crippen LogP contribution in [0.3, 0.4) is 0 Å². The smallest absolute Gasteiger partial charge is 0.168 e. The van der Waals surface area contributed by atoms with Gasteiger partial charge in [-0.25, -0.2) is 0 Å². The maximum absolute atomic E-state index is 13.0. The van der Waals surface area contributed by atoms with Gasteiger partial charge in [-0.1, -0.05) is 77.9 Å². The highest BCUT2D eigenvalue weighted by Gasteiger charge is 2.35. The first kappa shape index (κ1) is 18.9. The van der Waals surface area contributed by atoms with Crippen molar-refractivity contribution in [3.63, 3.8) is 0 Å². The Bertz CT molecular complexity index is 967. The highest BCUT2D eigenvalue weighted by molar-refractivity contribution is 6.44. The van der Waals surface area contributed by atoms with Crippen LogP contribution in [0.4, 0.5) is 0 Å². The van der Waals surface area contributed by atoms with Gasteiger partial charge in [-0.05, 0) is 44.2 Å². The van der Waals surface area contributed by atoms with E-state index < -0.39 is 0 Å². The van der Waals surface area contributed by atoms with E-state index in [2.05, 4.69) is 65.8 Å². The Balaban J connectivity index is 1.88. The summed E-state index contributed by atoms with van der Waals surface area (Å²) in [6.07, 6.45) is 0.779. The zero-order valence-corrected chi connectivity index (χ0v) is 17.7. The molecule has 2 aromatic rings. The predicted octanol–water partition coefficient (Wildman–Crippen LogP) is 5.44. The predicted molar refractivity (Wildman–Crippen MR) is 115 cm³/mol. The lowest BCUT2D eigenvalue weighted by Crippen LogP contribution is -2.11. The zero-order chi connectivity index (χ0) is 20.4. The first-order valence-electron chi connectivity index (χ1n) is 10.0. The molecule has 0 saturated carbocycles. The summed E-state index contributed by atoms with van der Waals surface area (Å²) in [4.78, 5) is 25.9. The van der Waals surface area contributed by atoms with E-state index in [1.807, 2.05) is 12.1 Å². The normalized spacial score (nSPS) is 19.2. The fourth-order valence-corrected chi connectivity index (χ4v) is 4.27. The number of benzene rings is 2. The number of hydrogen-bond donors (Lipinski definition) is 0. The molecule has 2 aliphatic carbocycles. The largest absolute Gasteiger partial charge is 0.294 e. The van der Waals surface area contributed by atoms with Crippen LogP contribution in [0.1, 0.15) is 74.9 Å². The van der Waals surface area contributed by atoms with Gasteiger partial charge < -0.3 is 0 Å². The SMILES string of the molecule is CC(C)(C)c1ccc2c(c1)CC(=O)/C2=C1/C(=O)Cc2cc(C(C)(C)C)ccc21. The molecule has 0 atom stereocenters. The number of hydrogen-bond acceptors (Lipinski definition) is 2. The lowest BCUT2D eigenvalue weighted by Gasteiger charge is -2.20. The van der Waals surface area contributed by atoms with E-state index in [9.17, 15) is 9.59 Å². The van der Waals surface area contributed by atoms with Gasteiger partial charge in [0.05, 0.1) is 0 Å². The van der Waals surface area contributed by atoms with Gasteiger partial charge in [-0.3, -0.25) is 9.59 Å². The second-order valence-corrected chi connectivity index (χ2v) is 10.2. The van der Waals surface area contributed by atoms with E-state index in [4.69, 9.17) is 0 Å². The average molecular weight is 373 g/mol. The number of allylic oxidation sites excluding steroid dienone is 2. The molecule has 0 N–H and O–H groups in total. The number of fused-ring (bicyclic) bond motifs is 2. The fraction of sp³-hybridized carbons (Fsp3) is 0.385. The van der Waals surface area contributed by atoms with Crippen LogP contribution in [0.15, 0.2) is 36.4 Å². The lowest BCUT2D eigenvalue weighted by molar-refractivity contribution is -0.114. The molecule has 2 aliphatic rings. The molecule has 0 bridgehead atoms. The summed E-state index contributed by atoms with van der Waals surface area (Å²) in [6.45, 7) is 13.1. The second-order valence-electron chi connectivity index (χ2n) is 10.2. The van der Waals surface area contributed by atoms with Gasteiger partial charge in [-0.15, -0.1) is 0 Å². The summed E-state index contributed by atoms with van der Waals surface area (Å²) in [5.74, 6) is 0.134. The Morgan fingerprint density at radius 1 is 0.607 bits per heavy atom. The number of carbonyl (C=O) groups is 2. The van der Waals surface area contributed by atoms with Gasteiger partial charge in [0, 0.05) is 24.0 Å². The summed E-state index contributed by atoms with van der Waals surface area (Å²) in [6, 6.07) is 12.6. The van der Waals surface area contributed by atoms with Crippen molar-refractivity contribution in [3.8, 4) is 0 Å². The minimum Gasteiger partial charge on any atom is -0.294 e. The van der Waals surface area contributed by atoms with Gasteiger partial charge in [0.2, 0.25) is 0 Å². The van der Waals surface area contributed by atoms with Gasteiger partial charge >= 0.3 is 0 Å². The molecule has 2 nitrogen and oxygen atoms in total. The van der Waals surface area contributed by atoms with Gasteiger partial charge in [0.25, 0.3) is 0 Å². The average Bonchev–Trinajstić information content (AvgIpc) is 3.06. The molecule has 0 saturated heterocycles. The Morgan fingerprint density at radius 2 is 0.964 bits per heavy atom. The second kappa shape index (κ2) is 6.01. The van der Waals surface area contributed by atoms with Crippen LogP contribution < -0.4 is 0 Å². The maximum Gasteiger partial charge on any atom is 0.168 e. The van der Waals surface area contributed by atoms with Crippen LogP contribution >= 0.6 is 0 Å². The maximum atomic E-state index is 13.0. The van der Waals surface area contributed by atoms with Crippen LogP contribution in [-0.2, 0) is 33.3 Å². The van der Waals surface area contributed by atoms with Crippen molar-refractivity contribution >= 4 is 22.7 Å². The third-order valence-corrected chi connectivity index (χ3v) is 5.99. The molecule has 0 aliphatic heterocycles. The summed E-state index contributed by atoms with van der Waals surface area (Å²) in [7, 11) is 0. The number of carbonyl (C=O) groups excluding carboxylic acids is 2. The molecule has 0 unspecified atom stereocenters. The van der Waals surface area contributed by atoms with Crippen LogP contribution in [0.25, 0.3) is 11.1 Å². The molecular formula is C26H28O2. The Morgan fingerprint density at radius 3 is 1.29 bits per heavy atom. The molecule has 144 valence electrons. The minimum absolute atomic E-state index is 0.0348. The summed E-state index contributed by atoms with van der Waals surface area (Å²) < 4.78 is 0. The van der Waals surface area contributed by atoms with E-state index in [0.717, 1.165) is 22.3 Å². The van der Waals surface area contributed by atoms with Crippen LogP contribution in [0.2, 0.25) is 0 Å². The van der Waals surface area contributed by atoms with Gasteiger partial charge in [0.1, 0.15) is 0 Å². The van der Waals surface area contributed by atoms with Crippen molar-refractivity contribution in [3.05, 3.63) is 69.8 Å². The number of ketones is 2. The third-order valence-electron chi connectivity index (χ3n) is 5.99. The molecule has 2 heteroatoms. The van der Waals surface area contributed by atoms with Gasteiger partial charge in [0.15, 0.2) is 11.6 Å². The zero-order valence-electron chi connectivity index (χ0n) is 17.7. The van der Waals surface area contributed by atoms with E-state index >= 15 is 0 Å². The molecule has 2 aromatic carbocycles. The van der Waals surface area contributed by atoms with Crippen molar-refractivity contribution in [1.82, 2.24) is 0 Å². The van der Waals surface area contributed by atoms with Crippen molar-refractivity contribution in [2.75, 3.05) is 0 Å². The van der Waals surface area contributed by atoms with Crippen molar-refractivity contribution < 1.29 is 9.59 Å². The molecule has 4 rings (SSSR count). The van der Waals surface area contributed by atoms with Crippen molar-refractivity contribution in [2.24, 2.45) is 0 Å². The number of rotatable bonds is 0. The van der Waals surface area contributed by atoms with E-state index in [1.165, 1.54) is 11.1 Å².